The molecule has 0 heterocycles. The molecule has 21 nitrogen and oxygen atoms in total. The number of carbonyl (C=O) groups excluding carboxylic acids is 9. The summed E-state index contributed by atoms with van der Waals surface area (Å²) < 4.78 is 0. The minimum absolute atomic E-state index is 0. The molecule has 0 aliphatic heterocycles. The molecule has 0 aromatic rings. The summed E-state index contributed by atoms with van der Waals surface area (Å²) in [5.74, 6) is -18.0. The third-order valence-corrected chi connectivity index (χ3v) is 3.76. The molecular weight excluding hydrogens is 615 g/mol. The molecule has 48 heavy (non-hydrogen) atoms. The van der Waals surface area contributed by atoms with Crippen LogP contribution in [0.1, 0.15) is 38.5 Å². The summed E-state index contributed by atoms with van der Waals surface area (Å²) >= 11 is 0. The van der Waals surface area contributed by atoms with Crippen LogP contribution in [0.25, 0.3) is 0 Å². The Balaban J connectivity index is -0.0000000370. The van der Waals surface area contributed by atoms with E-state index in [9.17, 15) is 89.1 Å². The molecule has 222 valence electrons. The zero-order valence-corrected chi connectivity index (χ0v) is 27.9. The third-order valence-electron chi connectivity index (χ3n) is 3.76. The fourth-order valence-corrected chi connectivity index (χ4v) is 2.05. The number of carboxylic acids is 9. The maximum absolute atomic E-state index is 10.1. The van der Waals surface area contributed by atoms with Crippen molar-refractivity contribution in [3.8, 4) is 0 Å². The molecule has 0 fully saturated rings. The predicted octanol–water partition coefficient (Wildman–Crippen LogP) is -42.7. The number of aliphatic carboxylic acids is 9. The Hall–Kier alpha value is 0.487. The van der Waals surface area contributed by atoms with Gasteiger partial charge in [-0.1, -0.05) is 0 Å². The van der Waals surface area contributed by atoms with Gasteiger partial charge in [-0.25, -0.2) is 0 Å². The Morgan fingerprint density at radius 1 is 0.292 bits per heavy atom. The standard InChI is InChI=1S/3C6H8O7.9Li/c3*7-3(8)1-6(13,5(11)12)2-4(9)10;;;;;;;;;/h3*13H,1-2H2,(H,7,8)(H,9,10)(H,11,12);;;;;;;;;/q;;;9*+1/p-9. The van der Waals surface area contributed by atoms with E-state index < -0.39 is 109 Å². The van der Waals surface area contributed by atoms with E-state index in [2.05, 4.69) is 0 Å². The van der Waals surface area contributed by atoms with Crippen molar-refractivity contribution >= 4 is 53.7 Å². The quantitative estimate of drug-likeness (QED) is 0.141. The van der Waals surface area contributed by atoms with E-state index in [1.807, 2.05) is 0 Å². The minimum atomic E-state index is -2.97. The van der Waals surface area contributed by atoms with Gasteiger partial charge in [-0.3, -0.25) is 0 Å². The molecule has 0 radical (unpaired) electrons. The van der Waals surface area contributed by atoms with Crippen molar-refractivity contribution in [2.75, 3.05) is 0 Å². The first-order valence-electron chi connectivity index (χ1n) is 9.34. The van der Waals surface area contributed by atoms with Crippen molar-refractivity contribution in [2.45, 2.75) is 55.3 Å². The Labute approximate surface area is 379 Å². The van der Waals surface area contributed by atoms with E-state index in [0.29, 0.717) is 0 Å². The van der Waals surface area contributed by atoms with Gasteiger partial charge in [0.2, 0.25) is 0 Å². The summed E-state index contributed by atoms with van der Waals surface area (Å²) in [5.41, 5.74) is -8.92. The van der Waals surface area contributed by atoms with Gasteiger partial charge in [0.25, 0.3) is 0 Å². The van der Waals surface area contributed by atoms with Crippen LogP contribution in [0.2, 0.25) is 0 Å². The summed E-state index contributed by atoms with van der Waals surface area (Å²) in [6.45, 7) is 0. The summed E-state index contributed by atoms with van der Waals surface area (Å²) in [6, 6.07) is 0. The van der Waals surface area contributed by atoms with E-state index in [-0.39, 0.29) is 170 Å². The van der Waals surface area contributed by atoms with Crippen molar-refractivity contribution in [3.63, 3.8) is 0 Å². The van der Waals surface area contributed by atoms with Gasteiger partial charge in [0, 0.05) is 74.3 Å². The monoisotopic (exact) mass is 630 g/mol. The second-order valence-electron chi connectivity index (χ2n) is 7.25. The van der Waals surface area contributed by atoms with Crippen LogP contribution in [0.4, 0.5) is 0 Å². The Kier molecular flexibility index (Phi) is 66.2. The Morgan fingerprint density at radius 3 is 0.417 bits per heavy atom. The van der Waals surface area contributed by atoms with E-state index in [1.54, 1.807) is 0 Å². The van der Waals surface area contributed by atoms with Crippen LogP contribution in [0.5, 0.6) is 0 Å². The number of carboxylic acid groups (broad SMARTS) is 9. The number of carbonyl (C=O) groups is 9. The molecule has 0 aromatic heterocycles. The molecule has 0 saturated carbocycles. The van der Waals surface area contributed by atoms with Gasteiger partial charge in [-0.15, -0.1) is 0 Å². The van der Waals surface area contributed by atoms with Gasteiger partial charge in [0.15, 0.2) is 0 Å². The van der Waals surface area contributed by atoms with Gasteiger partial charge >= 0.3 is 170 Å². The summed E-state index contributed by atoms with van der Waals surface area (Å²) in [6.07, 6.45) is -8.15. The van der Waals surface area contributed by atoms with E-state index in [1.165, 1.54) is 0 Å². The SMILES string of the molecule is O=C([O-])CC(O)(CC(=O)[O-])C(=O)[O-].O=C([O-])CC(O)(CC(=O)[O-])C(=O)[O-].O=C([O-])CC(O)(CC(=O)[O-])C(=O)[O-].[Li+].[Li+].[Li+].[Li+].[Li+].[Li+].[Li+].[Li+].[Li+]. The van der Waals surface area contributed by atoms with Crippen molar-refractivity contribution < 1.29 is 274 Å². The average molecular weight is 630 g/mol. The smallest absolute Gasteiger partial charge is 0.550 e. The second-order valence-corrected chi connectivity index (χ2v) is 7.25. The zero-order chi connectivity index (χ0) is 31.9. The van der Waals surface area contributed by atoms with Gasteiger partial charge in [0.05, 0.1) is 17.9 Å². The largest absolute Gasteiger partial charge is 1.00 e. The van der Waals surface area contributed by atoms with Crippen LogP contribution in [0.3, 0.4) is 0 Å². The normalized spacial score (nSPS) is 8.81. The van der Waals surface area contributed by atoms with Crippen molar-refractivity contribution in [1.29, 1.82) is 0 Å². The van der Waals surface area contributed by atoms with E-state index in [0.717, 1.165) is 0 Å². The van der Waals surface area contributed by atoms with E-state index >= 15 is 0 Å². The third kappa shape index (κ3) is 40.9. The number of hydrogen-bond donors (Lipinski definition) is 3. The number of rotatable bonds is 15. The minimum Gasteiger partial charge on any atom is -0.550 e. The topological polar surface area (TPSA) is 422 Å². The molecule has 0 aromatic carbocycles. The zero-order valence-electron chi connectivity index (χ0n) is 27.9. The second kappa shape index (κ2) is 38.7. The summed E-state index contributed by atoms with van der Waals surface area (Å²) in [5, 5.41) is 117. The van der Waals surface area contributed by atoms with Gasteiger partial charge in [-0.2, -0.15) is 0 Å². The Bertz CT molecular complexity index is 839. The van der Waals surface area contributed by atoms with Crippen molar-refractivity contribution in [3.05, 3.63) is 0 Å². The van der Waals surface area contributed by atoms with Crippen LogP contribution in [0.15, 0.2) is 0 Å². The molecule has 0 spiro atoms. The van der Waals surface area contributed by atoms with Gasteiger partial charge in [-0.05, 0) is 0 Å². The van der Waals surface area contributed by atoms with Crippen molar-refractivity contribution in [2.24, 2.45) is 0 Å². The van der Waals surface area contributed by atoms with Crippen LogP contribution in [-0.4, -0.2) is 85.8 Å². The van der Waals surface area contributed by atoms with Gasteiger partial charge < -0.3 is 104 Å². The fraction of sp³-hybridized carbons (Fsp3) is 0.500. The average Bonchev–Trinajstić information content (AvgIpc) is 2.64. The summed E-state index contributed by atoms with van der Waals surface area (Å²) in [7, 11) is 0. The first kappa shape index (κ1) is 82.1. The van der Waals surface area contributed by atoms with Crippen LogP contribution in [0, 0.1) is 0 Å². The maximum atomic E-state index is 10.1. The maximum Gasteiger partial charge on any atom is 1.00 e. The molecule has 0 amide bonds. The molecule has 0 rings (SSSR count). The molecule has 0 bridgehead atoms. The van der Waals surface area contributed by atoms with E-state index in [4.69, 9.17) is 15.3 Å². The number of hydrogen-bond acceptors (Lipinski definition) is 21. The molecule has 0 atom stereocenters. The van der Waals surface area contributed by atoms with Crippen LogP contribution >= 0.6 is 0 Å². The molecule has 0 unspecified atom stereocenters. The first-order valence-corrected chi connectivity index (χ1v) is 9.34. The molecule has 3 N–H and O–H groups in total. The molecule has 0 aliphatic rings. The fourth-order valence-electron chi connectivity index (χ4n) is 2.05. The first-order chi connectivity index (χ1) is 17.3. The van der Waals surface area contributed by atoms with Crippen molar-refractivity contribution in [1.82, 2.24) is 0 Å². The summed E-state index contributed by atoms with van der Waals surface area (Å²) in [4.78, 5) is 90.0. The Morgan fingerprint density at radius 2 is 0.375 bits per heavy atom. The van der Waals surface area contributed by atoms with Crippen LogP contribution < -0.4 is 216 Å². The molecule has 0 aliphatic carbocycles. The predicted molar refractivity (Wildman–Crippen MR) is 87.6 cm³/mol. The van der Waals surface area contributed by atoms with Crippen LogP contribution in [-0.2, 0) is 43.2 Å². The van der Waals surface area contributed by atoms with Gasteiger partial charge in [0.1, 0.15) is 16.8 Å². The molecule has 30 heteroatoms. The number of aliphatic hydroxyl groups is 3. The molecule has 0 saturated heterocycles. The molecular formula is C18H15Li9O21.